The van der Waals surface area contributed by atoms with Crippen LogP contribution in [-0.4, -0.2) is 36.4 Å². The van der Waals surface area contributed by atoms with E-state index in [-0.39, 0.29) is 6.61 Å². The molecule has 0 saturated carbocycles. The summed E-state index contributed by atoms with van der Waals surface area (Å²) in [7, 11) is 1.78. The van der Waals surface area contributed by atoms with E-state index in [9.17, 15) is 5.11 Å². The minimum Gasteiger partial charge on any atom is -0.392 e. The largest absolute Gasteiger partial charge is 0.392 e. The molecule has 2 heterocycles. The summed E-state index contributed by atoms with van der Waals surface area (Å²) in [5.74, 6) is 0. The van der Waals surface area contributed by atoms with Gasteiger partial charge in [-0.2, -0.15) is 0 Å². The van der Waals surface area contributed by atoms with E-state index in [4.69, 9.17) is 4.74 Å². The van der Waals surface area contributed by atoms with Crippen LogP contribution in [-0.2, 0) is 11.3 Å². The number of aromatic nitrogens is 1. The first kappa shape index (κ1) is 14.3. The van der Waals surface area contributed by atoms with Crippen molar-refractivity contribution in [2.45, 2.75) is 33.0 Å². The normalized spacial score (nSPS) is 18.7. The highest BCUT2D eigenvalue weighted by molar-refractivity contribution is 5.93. The number of aliphatic hydroxyl groups is 1. The summed E-state index contributed by atoms with van der Waals surface area (Å²) in [5, 5.41) is 10.6. The van der Waals surface area contributed by atoms with Crippen molar-refractivity contribution in [3.8, 4) is 0 Å². The maximum atomic E-state index is 9.44. The van der Waals surface area contributed by atoms with Gasteiger partial charge in [0.1, 0.15) is 0 Å². The number of hydrogen-bond acceptors (Lipinski definition) is 4. The molecule has 4 nitrogen and oxygen atoms in total. The Kier molecular flexibility index (Phi) is 3.83. The molecule has 2 aromatic rings. The van der Waals surface area contributed by atoms with Gasteiger partial charge in [0.15, 0.2) is 0 Å². The number of hydrogen-bond donors (Lipinski definition) is 1. The molecule has 1 aromatic heterocycles. The van der Waals surface area contributed by atoms with Crippen LogP contribution in [0.25, 0.3) is 10.9 Å². The summed E-state index contributed by atoms with van der Waals surface area (Å²) >= 11 is 0. The average Bonchev–Trinajstić information content (AvgIpc) is 2.95. The van der Waals surface area contributed by atoms with Crippen LogP contribution >= 0.6 is 0 Å². The smallest absolute Gasteiger partial charge is 0.0762 e. The van der Waals surface area contributed by atoms with E-state index in [1.807, 2.05) is 19.9 Å². The first-order chi connectivity index (χ1) is 10.1. The maximum Gasteiger partial charge on any atom is 0.0762 e. The zero-order chi connectivity index (χ0) is 15.0. The monoisotopic (exact) mass is 286 g/mol. The molecule has 0 spiro atoms. The summed E-state index contributed by atoms with van der Waals surface area (Å²) < 4.78 is 5.48. The molecule has 1 fully saturated rings. The van der Waals surface area contributed by atoms with Crippen molar-refractivity contribution in [3.63, 3.8) is 0 Å². The molecule has 1 aliphatic rings. The Labute approximate surface area is 125 Å². The molecule has 1 N–H and O–H groups in total. The summed E-state index contributed by atoms with van der Waals surface area (Å²) in [6.07, 6.45) is 1.37. The highest BCUT2D eigenvalue weighted by Crippen LogP contribution is 2.31. The number of anilines is 1. The fourth-order valence-corrected chi connectivity index (χ4v) is 3.11. The van der Waals surface area contributed by atoms with E-state index in [1.165, 1.54) is 5.69 Å². The Balaban J connectivity index is 2.11. The van der Waals surface area contributed by atoms with Crippen LogP contribution in [0.2, 0.25) is 0 Å². The lowest BCUT2D eigenvalue weighted by Gasteiger charge is -2.21. The third kappa shape index (κ3) is 2.61. The fraction of sp³-hybridized carbons (Fsp3) is 0.471. The molecule has 112 valence electrons. The maximum absolute atomic E-state index is 9.44. The molecule has 1 atom stereocenters. The van der Waals surface area contributed by atoms with Gasteiger partial charge in [0.2, 0.25) is 0 Å². The minimum atomic E-state index is 0.0577. The molecule has 0 bridgehead atoms. The van der Waals surface area contributed by atoms with E-state index in [2.05, 4.69) is 22.0 Å². The predicted octanol–water partition coefficient (Wildman–Crippen LogP) is 2.57. The number of ether oxygens (including phenoxy) is 1. The van der Waals surface area contributed by atoms with Crippen LogP contribution in [0.4, 0.5) is 5.69 Å². The molecule has 1 unspecified atom stereocenters. The van der Waals surface area contributed by atoms with Crippen LogP contribution in [0.15, 0.2) is 18.2 Å². The van der Waals surface area contributed by atoms with E-state index in [0.29, 0.717) is 6.10 Å². The topological polar surface area (TPSA) is 45.6 Å². The van der Waals surface area contributed by atoms with Crippen molar-refractivity contribution in [2.24, 2.45) is 0 Å². The van der Waals surface area contributed by atoms with Gasteiger partial charge in [-0.25, -0.2) is 0 Å². The van der Waals surface area contributed by atoms with Crippen molar-refractivity contribution in [1.29, 1.82) is 0 Å². The minimum absolute atomic E-state index is 0.0577. The number of nitrogens with zero attached hydrogens (tertiary/aromatic N) is 2. The van der Waals surface area contributed by atoms with Gasteiger partial charge >= 0.3 is 0 Å². The van der Waals surface area contributed by atoms with E-state index in [0.717, 1.165) is 47.2 Å². The molecule has 0 radical (unpaired) electrons. The van der Waals surface area contributed by atoms with Crippen LogP contribution in [0.1, 0.15) is 23.2 Å². The SMILES string of the molecule is COC1CCN(c2cc(C)nc3cc(CO)c(C)cc23)C1. The second kappa shape index (κ2) is 5.62. The Hall–Kier alpha value is -1.65. The molecule has 0 aliphatic carbocycles. The van der Waals surface area contributed by atoms with Crippen molar-refractivity contribution in [3.05, 3.63) is 35.0 Å². The van der Waals surface area contributed by atoms with Gasteiger partial charge in [-0.3, -0.25) is 4.98 Å². The second-order valence-corrected chi connectivity index (χ2v) is 5.83. The molecule has 1 aliphatic heterocycles. The molecule has 0 amide bonds. The van der Waals surface area contributed by atoms with Gasteiger partial charge in [0, 0.05) is 37.0 Å². The summed E-state index contributed by atoms with van der Waals surface area (Å²) in [4.78, 5) is 7.01. The van der Waals surface area contributed by atoms with Crippen LogP contribution < -0.4 is 4.90 Å². The lowest BCUT2D eigenvalue weighted by Crippen LogP contribution is -2.22. The van der Waals surface area contributed by atoms with Gasteiger partial charge in [0.05, 0.1) is 18.2 Å². The molecule has 1 saturated heterocycles. The molecular weight excluding hydrogens is 264 g/mol. The van der Waals surface area contributed by atoms with Gasteiger partial charge in [-0.15, -0.1) is 0 Å². The number of pyridine rings is 1. The number of aryl methyl sites for hydroxylation is 2. The van der Waals surface area contributed by atoms with E-state index >= 15 is 0 Å². The van der Waals surface area contributed by atoms with Crippen LogP contribution in [0.5, 0.6) is 0 Å². The lowest BCUT2D eigenvalue weighted by molar-refractivity contribution is 0.121. The Morgan fingerprint density at radius 1 is 1.33 bits per heavy atom. The predicted molar refractivity (Wildman–Crippen MR) is 84.8 cm³/mol. The van der Waals surface area contributed by atoms with Crippen molar-refractivity contribution in [1.82, 2.24) is 4.98 Å². The van der Waals surface area contributed by atoms with Gasteiger partial charge in [-0.05, 0) is 49.6 Å². The fourth-order valence-electron chi connectivity index (χ4n) is 3.11. The van der Waals surface area contributed by atoms with E-state index in [1.54, 1.807) is 7.11 Å². The van der Waals surface area contributed by atoms with Gasteiger partial charge in [0.25, 0.3) is 0 Å². The van der Waals surface area contributed by atoms with Gasteiger partial charge in [-0.1, -0.05) is 0 Å². The quantitative estimate of drug-likeness (QED) is 0.942. The third-order valence-corrected chi connectivity index (χ3v) is 4.36. The molecule has 1 aromatic carbocycles. The molecule has 3 rings (SSSR count). The number of aliphatic hydroxyl groups excluding tert-OH is 1. The summed E-state index contributed by atoms with van der Waals surface area (Å²) in [5.41, 5.74) is 5.25. The molecule has 21 heavy (non-hydrogen) atoms. The first-order valence-electron chi connectivity index (χ1n) is 7.42. The Bertz CT molecular complexity index is 669. The van der Waals surface area contributed by atoms with Crippen molar-refractivity contribution < 1.29 is 9.84 Å². The summed E-state index contributed by atoms with van der Waals surface area (Å²) in [6.45, 7) is 6.05. The molecule has 4 heteroatoms. The van der Waals surface area contributed by atoms with Crippen LogP contribution in [0.3, 0.4) is 0 Å². The standard InChI is InChI=1S/C17H22N2O2/c1-11-6-15-16(8-13(11)10-20)18-12(2)7-17(15)19-5-4-14(9-19)21-3/h6-8,14,20H,4-5,9-10H2,1-3H3. The van der Waals surface area contributed by atoms with E-state index < -0.39 is 0 Å². The Morgan fingerprint density at radius 3 is 2.81 bits per heavy atom. The number of rotatable bonds is 3. The van der Waals surface area contributed by atoms with Crippen molar-refractivity contribution >= 4 is 16.6 Å². The first-order valence-corrected chi connectivity index (χ1v) is 7.42. The lowest BCUT2D eigenvalue weighted by atomic mass is 10.0. The zero-order valence-electron chi connectivity index (χ0n) is 12.9. The van der Waals surface area contributed by atoms with Gasteiger partial charge < -0.3 is 14.7 Å². The number of benzene rings is 1. The zero-order valence-corrected chi connectivity index (χ0v) is 12.9. The van der Waals surface area contributed by atoms with Crippen LogP contribution in [0, 0.1) is 13.8 Å². The highest BCUT2D eigenvalue weighted by atomic mass is 16.5. The van der Waals surface area contributed by atoms with Crippen molar-refractivity contribution in [2.75, 3.05) is 25.1 Å². The third-order valence-electron chi connectivity index (χ3n) is 4.36. The highest BCUT2D eigenvalue weighted by Gasteiger charge is 2.24. The number of fused-ring (bicyclic) bond motifs is 1. The summed E-state index contributed by atoms with van der Waals surface area (Å²) in [6, 6.07) is 6.30. The molecular formula is C17H22N2O2. The second-order valence-electron chi connectivity index (χ2n) is 5.83. The average molecular weight is 286 g/mol. The Morgan fingerprint density at radius 2 is 2.14 bits per heavy atom. The number of methoxy groups -OCH3 is 1.